The Morgan fingerprint density at radius 1 is 1.27 bits per heavy atom. The van der Waals surface area contributed by atoms with Crippen LogP contribution in [0, 0.1) is 0 Å². The molecule has 6 heteroatoms. The van der Waals surface area contributed by atoms with Crippen LogP contribution >= 0.6 is 0 Å². The maximum absolute atomic E-state index is 12.2. The molecule has 0 fully saturated rings. The van der Waals surface area contributed by atoms with Gasteiger partial charge in [0.25, 0.3) is 0 Å². The van der Waals surface area contributed by atoms with Crippen molar-refractivity contribution >= 4 is 22.9 Å². The Hall–Kier alpha value is -2.50. The molecule has 1 heterocycles. The van der Waals surface area contributed by atoms with E-state index in [0.717, 1.165) is 16.5 Å². The summed E-state index contributed by atoms with van der Waals surface area (Å²) < 4.78 is 4.87. The number of hydrogen-bond acceptors (Lipinski definition) is 3. The Morgan fingerprint density at radius 3 is 2.77 bits per heavy atom. The number of aromatic amines is 1. The summed E-state index contributed by atoms with van der Waals surface area (Å²) >= 11 is 0. The van der Waals surface area contributed by atoms with Crippen LogP contribution in [0.3, 0.4) is 0 Å². The molecule has 1 atom stereocenters. The van der Waals surface area contributed by atoms with Crippen molar-refractivity contribution in [2.75, 3.05) is 13.2 Å². The molecule has 0 saturated heterocycles. The Kier molecular flexibility index (Phi) is 5.41. The van der Waals surface area contributed by atoms with Crippen molar-refractivity contribution in [3.63, 3.8) is 0 Å². The van der Waals surface area contributed by atoms with Crippen LogP contribution in [0.1, 0.15) is 19.4 Å². The van der Waals surface area contributed by atoms with Crippen LogP contribution in [0.2, 0.25) is 0 Å². The third-order valence-electron chi connectivity index (χ3n) is 3.33. The highest BCUT2D eigenvalue weighted by Crippen LogP contribution is 2.19. The summed E-state index contributed by atoms with van der Waals surface area (Å²) in [6.07, 6.45) is 1.68. The zero-order valence-electron chi connectivity index (χ0n) is 12.8. The molecule has 1 aromatic carbocycles. The van der Waals surface area contributed by atoms with Crippen LogP contribution in [0.15, 0.2) is 30.5 Å². The lowest BCUT2D eigenvalue weighted by atomic mass is 10.0. The smallest absolute Gasteiger partial charge is 0.407 e. The van der Waals surface area contributed by atoms with E-state index in [-0.39, 0.29) is 12.5 Å². The highest BCUT2D eigenvalue weighted by Gasteiger charge is 2.22. The Morgan fingerprint density at radius 2 is 2.05 bits per heavy atom. The fourth-order valence-electron chi connectivity index (χ4n) is 2.34. The van der Waals surface area contributed by atoms with Gasteiger partial charge in [-0.15, -0.1) is 0 Å². The van der Waals surface area contributed by atoms with Gasteiger partial charge in [-0.3, -0.25) is 4.79 Å². The summed E-state index contributed by atoms with van der Waals surface area (Å²) in [7, 11) is 0. The second-order valence-corrected chi connectivity index (χ2v) is 4.88. The SMILES string of the molecule is CCNC(=O)[C@@H](Cc1c[nH]c2ccccc12)NC(=O)OCC. The lowest BCUT2D eigenvalue weighted by molar-refractivity contribution is -0.122. The second kappa shape index (κ2) is 7.49. The van der Waals surface area contributed by atoms with Gasteiger partial charge < -0.3 is 20.4 Å². The molecule has 0 aliphatic rings. The van der Waals surface area contributed by atoms with Crippen molar-refractivity contribution in [1.82, 2.24) is 15.6 Å². The Labute approximate surface area is 129 Å². The number of H-pyrrole nitrogens is 1. The van der Waals surface area contributed by atoms with E-state index in [4.69, 9.17) is 4.74 Å². The lowest BCUT2D eigenvalue weighted by Gasteiger charge is -2.17. The van der Waals surface area contributed by atoms with Crippen molar-refractivity contribution < 1.29 is 14.3 Å². The predicted octanol–water partition coefficient (Wildman–Crippen LogP) is 1.96. The zero-order valence-corrected chi connectivity index (χ0v) is 12.8. The summed E-state index contributed by atoms with van der Waals surface area (Å²) in [6.45, 7) is 4.33. The van der Waals surface area contributed by atoms with Gasteiger partial charge in [-0.2, -0.15) is 0 Å². The topological polar surface area (TPSA) is 83.2 Å². The van der Waals surface area contributed by atoms with E-state index >= 15 is 0 Å². The molecule has 0 radical (unpaired) electrons. The third kappa shape index (κ3) is 3.78. The van der Waals surface area contributed by atoms with Crippen LogP contribution < -0.4 is 10.6 Å². The Balaban J connectivity index is 2.17. The minimum Gasteiger partial charge on any atom is -0.450 e. The lowest BCUT2D eigenvalue weighted by Crippen LogP contribution is -2.48. The van der Waals surface area contributed by atoms with Crippen molar-refractivity contribution in [2.24, 2.45) is 0 Å². The van der Waals surface area contributed by atoms with Gasteiger partial charge in [-0.25, -0.2) is 4.79 Å². The van der Waals surface area contributed by atoms with Gasteiger partial charge in [-0.1, -0.05) is 18.2 Å². The summed E-state index contributed by atoms with van der Waals surface area (Å²) in [5.41, 5.74) is 1.98. The van der Waals surface area contributed by atoms with Gasteiger partial charge in [0, 0.05) is 30.1 Å². The van der Waals surface area contributed by atoms with Crippen molar-refractivity contribution in [3.05, 3.63) is 36.0 Å². The number of hydrogen-bond donors (Lipinski definition) is 3. The number of aromatic nitrogens is 1. The van der Waals surface area contributed by atoms with E-state index in [2.05, 4.69) is 15.6 Å². The second-order valence-electron chi connectivity index (χ2n) is 4.88. The minimum absolute atomic E-state index is 0.221. The predicted molar refractivity (Wildman–Crippen MR) is 84.6 cm³/mol. The number of rotatable bonds is 6. The number of ether oxygens (including phenoxy) is 1. The van der Waals surface area contributed by atoms with E-state index in [1.807, 2.05) is 37.4 Å². The fourth-order valence-corrected chi connectivity index (χ4v) is 2.34. The molecular weight excluding hydrogens is 282 g/mol. The van der Waals surface area contributed by atoms with Crippen molar-refractivity contribution in [2.45, 2.75) is 26.3 Å². The molecule has 0 spiro atoms. The largest absolute Gasteiger partial charge is 0.450 e. The first-order valence-electron chi connectivity index (χ1n) is 7.41. The molecular formula is C16H21N3O3. The number of para-hydroxylation sites is 1. The average Bonchev–Trinajstić information content (AvgIpc) is 2.90. The van der Waals surface area contributed by atoms with Gasteiger partial charge in [0.15, 0.2) is 0 Å². The molecule has 0 bridgehead atoms. The number of benzene rings is 1. The summed E-state index contributed by atoms with van der Waals surface area (Å²) in [5.74, 6) is -0.221. The quantitative estimate of drug-likeness (QED) is 0.763. The number of fused-ring (bicyclic) bond motifs is 1. The third-order valence-corrected chi connectivity index (χ3v) is 3.33. The van der Waals surface area contributed by atoms with Gasteiger partial charge in [-0.05, 0) is 25.5 Å². The van der Waals surface area contributed by atoms with E-state index in [1.54, 1.807) is 6.92 Å². The molecule has 0 aliphatic heterocycles. The first-order chi connectivity index (χ1) is 10.7. The standard InChI is InChI=1S/C16H21N3O3/c1-3-17-15(20)14(19-16(21)22-4-2)9-11-10-18-13-8-6-5-7-12(11)13/h5-8,10,14,18H,3-4,9H2,1-2H3,(H,17,20)(H,19,21)/t14-/m1/s1. The van der Waals surface area contributed by atoms with Gasteiger partial charge >= 0.3 is 6.09 Å². The van der Waals surface area contributed by atoms with E-state index in [0.29, 0.717) is 13.0 Å². The molecule has 0 saturated carbocycles. The monoisotopic (exact) mass is 303 g/mol. The number of carbonyl (C=O) groups is 2. The number of amides is 2. The van der Waals surface area contributed by atoms with E-state index in [1.165, 1.54) is 0 Å². The number of alkyl carbamates (subject to hydrolysis) is 1. The van der Waals surface area contributed by atoms with Crippen LogP contribution in [0.4, 0.5) is 4.79 Å². The molecule has 2 rings (SSSR count). The molecule has 2 amide bonds. The molecule has 6 nitrogen and oxygen atoms in total. The van der Waals surface area contributed by atoms with Crippen molar-refractivity contribution in [3.8, 4) is 0 Å². The summed E-state index contributed by atoms with van der Waals surface area (Å²) in [5, 5.41) is 6.40. The maximum atomic E-state index is 12.2. The zero-order chi connectivity index (χ0) is 15.9. The first kappa shape index (κ1) is 15.9. The van der Waals surface area contributed by atoms with Crippen LogP contribution in [-0.4, -0.2) is 36.2 Å². The molecule has 22 heavy (non-hydrogen) atoms. The van der Waals surface area contributed by atoms with Crippen LogP contribution in [-0.2, 0) is 16.0 Å². The summed E-state index contributed by atoms with van der Waals surface area (Å²) in [4.78, 5) is 27.0. The fraction of sp³-hybridized carbons (Fsp3) is 0.375. The highest BCUT2D eigenvalue weighted by atomic mass is 16.5. The molecule has 0 aliphatic carbocycles. The molecule has 0 unspecified atom stereocenters. The number of likely N-dealkylation sites (N-methyl/N-ethyl adjacent to an activating group) is 1. The number of nitrogens with one attached hydrogen (secondary N) is 3. The number of carbonyl (C=O) groups excluding carboxylic acids is 2. The van der Waals surface area contributed by atoms with E-state index < -0.39 is 12.1 Å². The van der Waals surface area contributed by atoms with Crippen LogP contribution in [0.25, 0.3) is 10.9 Å². The molecule has 118 valence electrons. The molecule has 2 aromatic rings. The summed E-state index contributed by atoms with van der Waals surface area (Å²) in [6, 6.07) is 7.18. The Bertz CT molecular complexity index is 651. The minimum atomic E-state index is -0.668. The normalized spacial score (nSPS) is 11.9. The van der Waals surface area contributed by atoms with Crippen molar-refractivity contribution in [1.29, 1.82) is 0 Å². The van der Waals surface area contributed by atoms with Gasteiger partial charge in [0.2, 0.25) is 5.91 Å². The highest BCUT2D eigenvalue weighted by molar-refractivity contribution is 5.88. The van der Waals surface area contributed by atoms with Gasteiger partial charge in [0.05, 0.1) is 6.61 Å². The first-order valence-corrected chi connectivity index (χ1v) is 7.41. The van der Waals surface area contributed by atoms with Gasteiger partial charge in [0.1, 0.15) is 6.04 Å². The van der Waals surface area contributed by atoms with Crippen LogP contribution in [0.5, 0.6) is 0 Å². The maximum Gasteiger partial charge on any atom is 0.407 e. The van der Waals surface area contributed by atoms with E-state index in [9.17, 15) is 9.59 Å². The average molecular weight is 303 g/mol. The molecule has 1 aromatic heterocycles. The molecule has 3 N–H and O–H groups in total.